The van der Waals surface area contributed by atoms with Crippen molar-refractivity contribution >= 4 is 11.8 Å². The molecule has 6 nitrogen and oxygen atoms in total. The van der Waals surface area contributed by atoms with Gasteiger partial charge in [-0.15, -0.1) is 16.8 Å². The van der Waals surface area contributed by atoms with Gasteiger partial charge in [0.2, 0.25) is 11.7 Å². The smallest absolute Gasteiger partial charge is 0.205 e. The molecule has 0 amide bonds. The van der Waals surface area contributed by atoms with Crippen LogP contribution in [0.3, 0.4) is 0 Å². The van der Waals surface area contributed by atoms with Crippen molar-refractivity contribution < 1.29 is 8.83 Å². The van der Waals surface area contributed by atoms with Gasteiger partial charge in [-0.3, -0.25) is 4.57 Å². The Kier molecular flexibility index (Phi) is 4.70. The number of hydrogen-bond acceptors (Lipinski definition) is 6. The maximum atomic E-state index is 5.84. The van der Waals surface area contributed by atoms with E-state index < -0.39 is 0 Å². The first kappa shape index (κ1) is 16.4. The van der Waals surface area contributed by atoms with Gasteiger partial charge in [-0.25, -0.2) is 4.98 Å². The molecule has 3 aromatic heterocycles. The van der Waals surface area contributed by atoms with Crippen LogP contribution in [-0.2, 0) is 12.3 Å². The van der Waals surface area contributed by atoms with Crippen molar-refractivity contribution in [1.82, 2.24) is 19.7 Å². The molecule has 0 N–H and O–H groups in total. The Bertz CT molecular complexity index is 990. The highest BCUT2D eigenvalue weighted by Gasteiger charge is 2.16. The molecule has 0 atom stereocenters. The van der Waals surface area contributed by atoms with Gasteiger partial charge >= 0.3 is 0 Å². The molecule has 0 radical (unpaired) electrons. The van der Waals surface area contributed by atoms with Gasteiger partial charge in [0, 0.05) is 12.1 Å². The molecule has 0 unspecified atom stereocenters. The third kappa shape index (κ3) is 3.34. The molecule has 0 saturated heterocycles. The minimum atomic E-state index is 0.556. The van der Waals surface area contributed by atoms with Gasteiger partial charge in [0.15, 0.2) is 16.7 Å². The summed E-state index contributed by atoms with van der Waals surface area (Å²) in [6.45, 7) is 4.40. The molecule has 26 heavy (non-hydrogen) atoms. The fraction of sp³-hybridized carbons (Fsp3) is 0.105. The van der Waals surface area contributed by atoms with Gasteiger partial charge < -0.3 is 8.83 Å². The Morgan fingerprint density at radius 2 is 1.96 bits per heavy atom. The summed E-state index contributed by atoms with van der Waals surface area (Å²) in [4.78, 5) is 4.36. The predicted octanol–water partition coefficient (Wildman–Crippen LogP) is 4.67. The van der Waals surface area contributed by atoms with Crippen LogP contribution in [0, 0.1) is 0 Å². The summed E-state index contributed by atoms with van der Waals surface area (Å²) in [6, 6.07) is 13.6. The van der Waals surface area contributed by atoms with Gasteiger partial charge in [0.1, 0.15) is 0 Å². The molecule has 1 aromatic carbocycles. The first-order valence-corrected chi connectivity index (χ1v) is 9.04. The zero-order valence-electron chi connectivity index (χ0n) is 13.9. The number of thioether (sulfide) groups is 1. The van der Waals surface area contributed by atoms with Crippen molar-refractivity contribution in [2.75, 3.05) is 0 Å². The molecule has 0 saturated carbocycles. The molecule has 0 fully saturated rings. The summed E-state index contributed by atoms with van der Waals surface area (Å²) in [7, 11) is 0. The average molecular weight is 364 g/mol. The molecular formula is C19H16N4O2S. The monoisotopic (exact) mass is 364 g/mol. The van der Waals surface area contributed by atoms with Crippen LogP contribution in [0.5, 0.6) is 0 Å². The Morgan fingerprint density at radius 3 is 2.73 bits per heavy atom. The van der Waals surface area contributed by atoms with Gasteiger partial charge in [0.25, 0.3) is 0 Å². The molecule has 0 spiro atoms. The van der Waals surface area contributed by atoms with E-state index in [1.807, 2.05) is 47.0 Å². The number of rotatable bonds is 7. The molecule has 4 aromatic rings. The summed E-state index contributed by atoms with van der Waals surface area (Å²) in [5.41, 5.74) is 1.01. The number of benzene rings is 1. The molecule has 3 heterocycles. The van der Waals surface area contributed by atoms with Gasteiger partial charge in [0.05, 0.1) is 18.2 Å². The van der Waals surface area contributed by atoms with Crippen molar-refractivity contribution in [3.63, 3.8) is 0 Å². The van der Waals surface area contributed by atoms with Crippen LogP contribution >= 0.6 is 11.8 Å². The van der Waals surface area contributed by atoms with E-state index >= 15 is 0 Å². The standard InChI is InChI=1S/C19H16N4O2S/c1-2-10-23-18(15-9-6-11-24-15)21-22-19(23)26-13-17-20-12-16(25-17)14-7-4-3-5-8-14/h2-9,11-12H,1,10,13H2. The van der Waals surface area contributed by atoms with E-state index in [0.29, 0.717) is 29.8 Å². The zero-order chi connectivity index (χ0) is 17.8. The summed E-state index contributed by atoms with van der Waals surface area (Å²) in [5, 5.41) is 9.27. The Morgan fingerprint density at radius 1 is 1.08 bits per heavy atom. The second-order valence-electron chi connectivity index (χ2n) is 5.46. The lowest BCUT2D eigenvalue weighted by Crippen LogP contribution is -2.00. The molecular weight excluding hydrogens is 348 g/mol. The highest BCUT2D eigenvalue weighted by molar-refractivity contribution is 7.98. The Hall–Kier alpha value is -3.06. The number of nitrogens with zero attached hydrogens (tertiary/aromatic N) is 4. The van der Waals surface area contributed by atoms with E-state index in [-0.39, 0.29) is 0 Å². The van der Waals surface area contributed by atoms with Gasteiger partial charge in [-0.1, -0.05) is 48.2 Å². The molecule has 0 bridgehead atoms. The van der Waals surface area contributed by atoms with E-state index in [1.165, 1.54) is 11.8 Å². The number of furan rings is 1. The van der Waals surface area contributed by atoms with E-state index in [9.17, 15) is 0 Å². The number of aromatic nitrogens is 4. The summed E-state index contributed by atoms with van der Waals surface area (Å²) in [6.07, 6.45) is 5.17. The lowest BCUT2D eigenvalue weighted by molar-refractivity contribution is 0.529. The lowest BCUT2D eigenvalue weighted by atomic mass is 10.2. The Balaban J connectivity index is 1.52. The SMILES string of the molecule is C=CCn1c(SCc2ncc(-c3ccccc3)o2)nnc1-c1ccco1. The molecule has 0 aliphatic rings. The van der Waals surface area contributed by atoms with E-state index in [0.717, 1.165) is 16.5 Å². The fourth-order valence-electron chi connectivity index (χ4n) is 2.52. The van der Waals surface area contributed by atoms with Crippen molar-refractivity contribution in [3.8, 4) is 22.9 Å². The van der Waals surface area contributed by atoms with Crippen molar-refractivity contribution in [1.29, 1.82) is 0 Å². The first-order valence-electron chi connectivity index (χ1n) is 8.06. The number of hydrogen-bond donors (Lipinski definition) is 0. The van der Waals surface area contributed by atoms with Crippen molar-refractivity contribution in [3.05, 3.63) is 73.5 Å². The zero-order valence-corrected chi connectivity index (χ0v) is 14.7. The number of oxazole rings is 1. The molecule has 0 aliphatic carbocycles. The second-order valence-corrected chi connectivity index (χ2v) is 6.40. The maximum absolute atomic E-state index is 5.84. The minimum Gasteiger partial charge on any atom is -0.461 e. The highest BCUT2D eigenvalue weighted by atomic mass is 32.2. The van der Waals surface area contributed by atoms with Crippen LogP contribution in [0.4, 0.5) is 0 Å². The molecule has 7 heteroatoms. The van der Waals surface area contributed by atoms with Crippen LogP contribution < -0.4 is 0 Å². The van der Waals surface area contributed by atoms with Crippen molar-refractivity contribution in [2.45, 2.75) is 17.5 Å². The van der Waals surface area contributed by atoms with Crippen molar-refractivity contribution in [2.24, 2.45) is 0 Å². The summed E-state index contributed by atoms with van der Waals surface area (Å²) in [5.74, 6) is 3.30. The van der Waals surface area contributed by atoms with E-state index in [4.69, 9.17) is 8.83 Å². The van der Waals surface area contributed by atoms with E-state index in [2.05, 4.69) is 21.8 Å². The lowest BCUT2D eigenvalue weighted by Gasteiger charge is -2.05. The van der Waals surface area contributed by atoms with Crippen LogP contribution in [-0.4, -0.2) is 19.7 Å². The topological polar surface area (TPSA) is 69.9 Å². The van der Waals surface area contributed by atoms with Crippen LogP contribution in [0.15, 0.2) is 81.6 Å². The quantitative estimate of drug-likeness (QED) is 0.350. The molecule has 4 rings (SSSR count). The first-order chi connectivity index (χ1) is 12.8. The van der Waals surface area contributed by atoms with Crippen LogP contribution in [0.2, 0.25) is 0 Å². The minimum absolute atomic E-state index is 0.556. The summed E-state index contributed by atoms with van der Waals surface area (Å²) < 4.78 is 13.2. The normalized spacial score (nSPS) is 10.9. The fourth-order valence-corrected chi connectivity index (χ4v) is 3.32. The second kappa shape index (κ2) is 7.45. The highest BCUT2D eigenvalue weighted by Crippen LogP contribution is 2.28. The average Bonchev–Trinajstić information content (AvgIpc) is 3.42. The van der Waals surface area contributed by atoms with Gasteiger partial charge in [-0.05, 0) is 12.1 Å². The van der Waals surface area contributed by atoms with Crippen LogP contribution in [0.25, 0.3) is 22.9 Å². The third-order valence-electron chi connectivity index (χ3n) is 3.71. The predicted molar refractivity (Wildman–Crippen MR) is 99.4 cm³/mol. The maximum Gasteiger partial charge on any atom is 0.205 e. The number of allylic oxidation sites excluding steroid dienone is 1. The Labute approximate surface area is 154 Å². The van der Waals surface area contributed by atoms with E-state index in [1.54, 1.807) is 18.5 Å². The molecule has 130 valence electrons. The third-order valence-corrected chi connectivity index (χ3v) is 4.66. The largest absolute Gasteiger partial charge is 0.461 e. The van der Waals surface area contributed by atoms with Crippen LogP contribution in [0.1, 0.15) is 5.89 Å². The van der Waals surface area contributed by atoms with Gasteiger partial charge in [-0.2, -0.15) is 0 Å². The molecule has 0 aliphatic heterocycles. The summed E-state index contributed by atoms with van der Waals surface area (Å²) >= 11 is 1.51.